The van der Waals surface area contributed by atoms with Crippen molar-refractivity contribution in [2.75, 3.05) is 31.7 Å². The summed E-state index contributed by atoms with van der Waals surface area (Å²) in [7, 11) is 0. The van der Waals surface area contributed by atoms with Gasteiger partial charge in [-0.05, 0) is 22.6 Å². The summed E-state index contributed by atoms with van der Waals surface area (Å²) in [6.45, 7) is 3.16. The maximum absolute atomic E-state index is 5.26. The minimum Gasteiger partial charge on any atom is -0.379 e. The Morgan fingerprint density at radius 3 is 3.00 bits per heavy atom. The van der Waals surface area contributed by atoms with E-state index in [0.717, 1.165) is 32.1 Å². The van der Waals surface area contributed by atoms with E-state index in [2.05, 4.69) is 31.1 Å². The summed E-state index contributed by atoms with van der Waals surface area (Å²) in [5.41, 5.74) is 3.82. The van der Waals surface area contributed by atoms with Crippen LogP contribution in [0.5, 0.6) is 0 Å². The fourth-order valence-corrected chi connectivity index (χ4v) is 1.55. The fraction of sp³-hybridized carbons (Fsp3) is 0.500. The van der Waals surface area contributed by atoms with Crippen LogP contribution in [-0.4, -0.2) is 56.6 Å². The quantitative estimate of drug-likeness (QED) is 0.709. The minimum atomic E-state index is 0.632. The van der Waals surface area contributed by atoms with Gasteiger partial charge in [-0.2, -0.15) is 0 Å². The van der Waals surface area contributed by atoms with Crippen LogP contribution >= 0.6 is 0 Å². The average molecular weight is 221 g/mol. The van der Waals surface area contributed by atoms with Crippen LogP contribution in [0.15, 0.2) is 12.1 Å². The molecular formula is C8H11N7O. The standard InChI is InChI=1S/C8H11N7O/c1-2-8-9-12-13-15(8)11-7(1)10-14-3-5-16-6-4-14/h1-2H,3-6H2,(H,10,11). The smallest absolute Gasteiger partial charge is 0.200 e. The molecule has 3 heterocycles. The maximum atomic E-state index is 5.26. The number of nitrogens with one attached hydrogen (secondary N) is 1. The van der Waals surface area contributed by atoms with E-state index in [1.807, 2.05) is 12.1 Å². The number of fused-ring (bicyclic) bond motifs is 1. The predicted octanol–water partition coefficient (Wildman–Crippen LogP) is -0.822. The molecule has 1 aliphatic heterocycles. The van der Waals surface area contributed by atoms with Crippen LogP contribution in [0, 0.1) is 0 Å². The van der Waals surface area contributed by atoms with E-state index >= 15 is 0 Å². The SMILES string of the molecule is c1cc2nnnn2nc1NN1CCOCC1. The lowest BCUT2D eigenvalue weighted by atomic mass is 10.5. The van der Waals surface area contributed by atoms with Crippen LogP contribution in [0.4, 0.5) is 5.82 Å². The molecule has 16 heavy (non-hydrogen) atoms. The van der Waals surface area contributed by atoms with Crippen LogP contribution < -0.4 is 5.43 Å². The van der Waals surface area contributed by atoms with Crippen molar-refractivity contribution in [3.63, 3.8) is 0 Å². The first kappa shape index (κ1) is 9.43. The summed E-state index contributed by atoms with van der Waals surface area (Å²) >= 11 is 0. The highest BCUT2D eigenvalue weighted by atomic mass is 16.5. The third-order valence-corrected chi connectivity index (χ3v) is 2.35. The first-order valence-corrected chi connectivity index (χ1v) is 5.06. The molecule has 1 fully saturated rings. The van der Waals surface area contributed by atoms with Crippen LogP contribution in [0.2, 0.25) is 0 Å². The molecule has 2 aromatic rings. The van der Waals surface area contributed by atoms with Crippen molar-refractivity contribution in [2.24, 2.45) is 0 Å². The average Bonchev–Trinajstić information content (AvgIpc) is 2.77. The minimum absolute atomic E-state index is 0.632. The molecule has 0 spiro atoms. The second-order valence-electron chi connectivity index (χ2n) is 3.46. The summed E-state index contributed by atoms with van der Waals surface area (Å²) in [5, 5.41) is 17.3. The Labute approximate surface area is 91.1 Å². The van der Waals surface area contributed by atoms with Gasteiger partial charge < -0.3 is 10.2 Å². The first-order chi connectivity index (χ1) is 7.92. The van der Waals surface area contributed by atoms with Gasteiger partial charge in [0.15, 0.2) is 11.5 Å². The highest BCUT2D eigenvalue weighted by Crippen LogP contribution is 2.05. The number of rotatable bonds is 2. The zero-order valence-corrected chi connectivity index (χ0v) is 8.57. The zero-order valence-electron chi connectivity index (χ0n) is 8.57. The predicted molar refractivity (Wildman–Crippen MR) is 54.6 cm³/mol. The Morgan fingerprint density at radius 2 is 2.12 bits per heavy atom. The number of morpholine rings is 1. The van der Waals surface area contributed by atoms with E-state index in [9.17, 15) is 0 Å². The molecule has 8 heteroatoms. The summed E-state index contributed by atoms with van der Waals surface area (Å²) in [4.78, 5) is 0. The molecule has 0 aliphatic carbocycles. The maximum Gasteiger partial charge on any atom is 0.200 e. The van der Waals surface area contributed by atoms with Gasteiger partial charge in [-0.15, -0.1) is 14.8 Å². The summed E-state index contributed by atoms with van der Waals surface area (Å²) in [6.07, 6.45) is 0. The number of hydrogen-bond acceptors (Lipinski definition) is 7. The van der Waals surface area contributed by atoms with E-state index in [4.69, 9.17) is 4.74 Å². The lowest BCUT2D eigenvalue weighted by Gasteiger charge is -2.27. The molecule has 0 saturated carbocycles. The lowest BCUT2D eigenvalue weighted by molar-refractivity contribution is 0.0494. The van der Waals surface area contributed by atoms with Gasteiger partial charge in [0.25, 0.3) is 0 Å². The number of ether oxygens (including phenoxy) is 1. The highest BCUT2D eigenvalue weighted by molar-refractivity contribution is 5.41. The molecule has 84 valence electrons. The molecule has 3 rings (SSSR count). The van der Waals surface area contributed by atoms with E-state index < -0.39 is 0 Å². The third-order valence-electron chi connectivity index (χ3n) is 2.35. The molecule has 1 aliphatic rings. The Kier molecular flexibility index (Phi) is 2.35. The Balaban J connectivity index is 1.77. The number of anilines is 1. The molecule has 0 atom stereocenters. The highest BCUT2D eigenvalue weighted by Gasteiger charge is 2.10. The van der Waals surface area contributed by atoms with Crippen LogP contribution in [0.3, 0.4) is 0 Å². The van der Waals surface area contributed by atoms with Crippen LogP contribution in [0.1, 0.15) is 0 Å². The Morgan fingerprint density at radius 1 is 1.25 bits per heavy atom. The van der Waals surface area contributed by atoms with E-state index in [-0.39, 0.29) is 0 Å². The topological polar surface area (TPSA) is 80.5 Å². The molecule has 1 saturated heterocycles. The van der Waals surface area contributed by atoms with Crippen molar-refractivity contribution >= 4 is 11.5 Å². The van der Waals surface area contributed by atoms with Gasteiger partial charge in [-0.3, -0.25) is 0 Å². The normalized spacial score (nSPS) is 17.8. The third kappa shape index (κ3) is 1.79. The van der Waals surface area contributed by atoms with E-state index in [0.29, 0.717) is 5.65 Å². The van der Waals surface area contributed by atoms with Gasteiger partial charge in [0.1, 0.15) is 0 Å². The molecule has 0 unspecified atom stereocenters. The largest absolute Gasteiger partial charge is 0.379 e. The molecular weight excluding hydrogens is 210 g/mol. The number of aromatic nitrogens is 5. The number of tetrazole rings is 1. The van der Waals surface area contributed by atoms with E-state index in [1.54, 1.807) is 0 Å². The van der Waals surface area contributed by atoms with Crippen molar-refractivity contribution in [1.82, 2.24) is 30.3 Å². The van der Waals surface area contributed by atoms with Gasteiger partial charge in [-0.25, -0.2) is 5.01 Å². The van der Waals surface area contributed by atoms with Crippen molar-refractivity contribution < 1.29 is 4.74 Å². The Bertz CT molecular complexity index is 478. The molecule has 0 amide bonds. The second-order valence-corrected chi connectivity index (χ2v) is 3.46. The Hall–Kier alpha value is -1.80. The molecule has 8 nitrogen and oxygen atoms in total. The van der Waals surface area contributed by atoms with Crippen LogP contribution in [-0.2, 0) is 4.74 Å². The van der Waals surface area contributed by atoms with Crippen molar-refractivity contribution in [2.45, 2.75) is 0 Å². The summed E-state index contributed by atoms with van der Waals surface area (Å²) < 4.78 is 6.65. The van der Waals surface area contributed by atoms with Gasteiger partial charge in [0, 0.05) is 13.1 Å². The van der Waals surface area contributed by atoms with Gasteiger partial charge in [0.2, 0.25) is 0 Å². The van der Waals surface area contributed by atoms with Crippen molar-refractivity contribution in [1.29, 1.82) is 0 Å². The van der Waals surface area contributed by atoms with Gasteiger partial charge in [-0.1, -0.05) is 0 Å². The number of nitrogens with zero attached hydrogens (tertiary/aromatic N) is 6. The monoisotopic (exact) mass is 221 g/mol. The number of hydrogen-bond donors (Lipinski definition) is 1. The second kappa shape index (κ2) is 3.99. The van der Waals surface area contributed by atoms with Crippen molar-refractivity contribution in [3.05, 3.63) is 12.1 Å². The molecule has 0 radical (unpaired) electrons. The molecule has 1 N–H and O–H groups in total. The van der Waals surface area contributed by atoms with Gasteiger partial charge >= 0.3 is 0 Å². The van der Waals surface area contributed by atoms with E-state index in [1.165, 1.54) is 4.63 Å². The van der Waals surface area contributed by atoms with Crippen LogP contribution in [0.25, 0.3) is 5.65 Å². The summed E-state index contributed by atoms with van der Waals surface area (Å²) in [5.74, 6) is 0.724. The molecule has 0 bridgehead atoms. The molecule has 0 aromatic carbocycles. The summed E-state index contributed by atoms with van der Waals surface area (Å²) in [6, 6.07) is 3.66. The number of hydrazine groups is 1. The lowest BCUT2D eigenvalue weighted by Crippen LogP contribution is -2.40. The molecule has 2 aromatic heterocycles. The zero-order chi connectivity index (χ0) is 10.8. The van der Waals surface area contributed by atoms with Crippen molar-refractivity contribution in [3.8, 4) is 0 Å². The first-order valence-electron chi connectivity index (χ1n) is 5.06. The fourth-order valence-electron chi connectivity index (χ4n) is 1.55. The van der Waals surface area contributed by atoms with Gasteiger partial charge in [0.05, 0.1) is 13.2 Å².